The summed E-state index contributed by atoms with van der Waals surface area (Å²) in [6.45, 7) is 4.38. The summed E-state index contributed by atoms with van der Waals surface area (Å²) in [4.78, 5) is 17.8. The molecule has 1 aliphatic heterocycles. The lowest BCUT2D eigenvalue weighted by atomic mass is 10.0. The monoisotopic (exact) mass is 251 g/mol. The molecule has 5 heteroatoms. The van der Waals surface area contributed by atoms with E-state index in [1.54, 1.807) is 4.90 Å². The summed E-state index contributed by atoms with van der Waals surface area (Å²) in [5.41, 5.74) is 0.322. The van der Waals surface area contributed by atoms with Crippen LogP contribution in [-0.4, -0.2) is 41.5 Å². The van der Waals surface area contributed by atoms with Gasteiger partial charge in [0.15, 0.2) is 0 Å². The van der Waals surface area contributed by atoms with E-state index in [9.17, 15) is 9.18 Å². The minimum atomic E-state index is -0.473. The highest BCUT2D eigenvalue weighted by molar-refractivity contribution is 5.94. The van der Waals surface area contributed by atoms with Gasteiger partial charge in [-0.05, 0) is 32.4 Å². The molecule has 4 nitrogen and oxygen atoms in total. The van der Waals surface area contributed by atoms with Crippen LogP contribution in [-0.2, 0) is 0 Å². The van der Waals surface area contributed by atoms with Crippen molar-refractivity contribution in [3.05, 3.63) is 29.8 Å². The number of hydrogen-bond donors (Lipinski definition) is 1. The van der Waals surface area contributed by atoms with E-state index in [0.717, 1.165) is 32.1 Å². The molecule has 2 rings (SSSR count). The van der Waals surface area contributed by atoms with Crippen molar-refractivity contribution < 1.29 is 9.18 Å². The molecule has 0 spiro atoms. The molecule has 0 bridgehead atoms. The standard InChI is InChI=1S/C13H18FN3O/c1-2-17(12-4-3-5-15-9-12)13(18)10-6-11(14)8-16-7-10/h6-8,12,15H,2-5,9H2,1H3. The predicted octanol–water partition coefficient (Wildman–Crippen LogP) is 1.43. The molecular formula is C13H18FN3O. The fourth-order valence-electron chi connectivity index (χ4n) is 2.36. The van der Waals surface area contributed by atoms with E-state index in [-0.39, 0.29) is 11.9 Å². The SMILES string of the molecule is CCN(C(=O)c1cncc(F)c1)C1CCCNC1. The van der Waals surface area contributed by atoms with Crippen LogP contribution in [0.1, 0.15) is 30.1 Å². The van der Waals surface area contributed by atoms with Crippen LogP contribution in [0.5, 0.6) is 0 Å². The van der Waals surface area contributed by atoms with Crippen molar-refractivity contribution >= 4 is 5.91 Å². The first-order chi connectivity index (χ1) is 8.72. The summed E-state index contributed by atoms with van der Waals surface area (Å²) >= 11 is 0. The van der Waals surface area contributed by atoms with Gasteiger partial charge in [-0.3, -0.25) is 9.78 Å². The number of likely N-dealkylation sites (N-methyl/N-ethyl adjacent to an activating group) is 1. The Hall–Kier alpha value is -1.49. The third-order valence-corrected chi connectivity index (χ3v) is 3.27. The van der Waals surface area contributed by atoms with Gasteiger partial charge in [0.1, 0.15) is 5.82 Å². The molecule has 0 aliphatic carbocycles. The maximum Gasteiger partial charge on any atom is 0.255 e. The van der Waals surface area contributed by atoms with E-state index in [1.807, 2.05) is 6.92 Å². The summed E-state index contributed by atoms with van der Waals surface area (Å²) in [6, 6.07) is 1.44. The maximum absolute atomic E-state index is 13.1. The third-order valence-electron chi connectivity index (χ3n) is 3.27. The van der Waals surface area contributed by atoms with Gasteiger partial charge in [-0.1, -0.05) is 0 Å². The first-order valence-corrected chi connectivity index (χ1v) is 6.34. The van der Waals surface area contributed by atoms with Crippen LogP contribution < -0.4 is 5.32 Å². The number of nitrogens with one attached hydrogen (secondary N) is 1. The molecular weight excluding hydrogens is 233 g/mol. The zero-order valence-electron chi connectivity index (χ0n) is 10.5. The first kappa shape index (κ1) is 13.0. The molecule has 1 N–H and O–H groups in total. The van der Waals surface area contributed by atoms with Gasteiger partial charge in [-0.25, -0.2) is 4.39 Å². The Morgan fingerprint density at radius 1 is 1.61 bits per heavy atom. The quantitative estimate of drug-likeness (QED) is 0.884. The van der Waals surface area contributed by atoms with E-state index < -0.39 is 5.82 Å². The van der Waals surface area contributed by atoms with Crippen molar-refractivity contribution in [2.24, 2.45) is 0 Å². The molecule has 98 valence electrons. The van der Waals surface area contributed by atoms with Crippen LogP contribution >= 0.6 is 0 Å². The molecule has 1 aromatic rings. The highest BCUT2D eigenvalue weighted by Crippen LogP contribution is 2.14. The van der Waals surface area contributed by atoms with E-state index in [2.05, 4.69) is 10.3 Å². The fourth-order valence-corrected chi connectivity index (χ4v) is 2.36. The number of halogens is 1. The molecule has 2 heterocycles. The average molecular weight is 251 g/mol. The number of rotatable bonds is 3. The summed E-state index contributed by atoms with van der Waals surface area (Å²) in [6.07, 6.45) is 4.59. The number of carbonyl (C=O) groups excluding carboxylic acids is 1. The summed E-state index contributed by atoms with van der Waals surface area (Å²) in [5, 5.41) is 3.28. The van der Waals surface area contributed by atoms with Gasteiger partial charge < -0.3 is 10.2 Å². The Morgan fingerprint density at radius 3 is 3.06 bits per heavy atom. The van der Waals surface area contributed by atoms with E-state index in [4.69, 9.17) is 0 Å². The number of nitrogens with zero attached hydrogens (tertiary/aromatic N) is 2. The first-order valence-electron chi connectivity index (χ1n) is 6.34. The van der Waals surface area contributed by atoms with Crippen LogP contribution in [0, 0.1) is 5.82 Å². The Labute approximate surface area is 106 Å². The summed E-state index contributed by atoms with van der Waals surface area (Å²) < 4.78 is 13.1. The molecule has 0 aromatic carbocycles. The van der Waals surface area contributed by atoms with Gasteiger partial charge in [0.05, 0.1) is 11.8 Å². The zero-order valence-corrected chi connectivity index (χ0v) is 10.5. The van der Waals surface area contributed by atoms with E-state index in [0.29, 0.717) is 12.1 Å². The molecule has 1 amide bonds. The third kappa shape index (κ3) is 2.85. The maximum atomic E-state index is 13.1. The van der Waals surface area contributed by atoms with Crippen molar-refractivity contribution in [3.8, 4) is 0 Å². The Morgan fingerprint density at radius 2 is 2.44 bits per heavy atom. The van der Waals surface area contributed by atoms with Gasteiger partial charge in [-0.15, -0.1) is 0 Å². The minimum absolute atomic E-state index is 0.141. The lowest BCUT2D eigenvalue weighted by molar-refractivity contribution is 0.0661. The van der Waals surface area contributed by atoms with Crippen molar-refractivity contribution in [1.82, 2.24) is 15.2 Å². The van der Waals surface area contributed by atoms with Crippen LogP contribution in [0.2, 0.25) is 0 Å². The molecule has 0 saturated carbocycles. The number of hydrogen-bond acceptors (Lipinski definition) is 3. The number of amides is 1. The zero-order chi connectivity index (χ0) is 13.0. The van der Waals surface area contributed by atoms with Gasteiger partial charge >= 0.3 is 0 Å². The largest absolute Gasteiger partial charge is 0.335 e. The van der Waals surface area contributed by atoms with Crippen LogP contribution in [0.15, 0.2) is 18.5 Å². The Bertz CT molecular complexity index is 418. The van der Waals surface area contributed by atoms with Gasteiger partial charge in [0.2, 0.25) is 0 Å². The number of aromatic nitrogens is 1. The van der Waals surface area contributed by atoms with E-state index >= 15 is 0 Å². The second-order valence-corrected chi connectivity index (χ2v) is 4.48. The lowest BCUT2D eigenvalue weighted by Gasteiger charge is -2.34. The van der Waals surface area contributed by atoms with Crippen molar-refractivity contribution in [1.29, 1.82) is 0 Å². The van der Waals surface area contributed by atoms with Crippen molar-refractivity contribution in [2.45, 2.75) is 25.8 Å². The number of carbonyl (C=O) groups is 1. The van der Waals surface area contributed by atoms with Crippen molar-refractivity contribution in [3.63, 3.8) is 0 Å². The van der Waals surface area contributed by atoms with Crippen LogP contribution in [0.3, 0.4) is 0 Å². The normalized spacial score (nSPS) is 19.6. The average Bonchev–Trinajstić information content (AvgIpc) is 2.41. The molecule has 18 heavy (non-hydrogen) atoms. The lowest BCUT2D eigenvalue weighted by Crippen LogP contribution is -2.48. The predicted molar refractivity (Wildman–Crippen MR) is 66.8 cm³/mol. The highest BCUT2D eigenvalue weighted by atomic mass is 19.1. The fraction of sp³-hybridized carbons (Fsp3) is 0.538. The molecule has 1 unspecified atom stereocenters. The molecule has 1 saturated heterocycles. The smallest absolute Gasteiger partial charge is 0.255 e. The summed E-state index contributed by atoms with van der Waals surface area (Å²) in [5.74, 6) is -0.614. The number of pyridine rings is 1. The Kier molecular flexibility index (Phi) is 4.25. The topological polar surface area (TPSA) is 45.2 Å². The second kappa shape index (κ2) is 5.91. The second-order valence-electron chi connectivity index (χ2n) is 4.48. The molecule has 1 atom stereocenters. The Balaban J connectivity index is 2.14. The number of piperidine rings is 1. The van der Waals surface area contributed by atoms with Gasteiger partial charge in [0.25, 0.3) is 5.91 Å². The molecule has 1 fully saturated rings. The van der Waals surface area contributed by atoms with E-state index in [1.165, 1.54) is 12.3 Å². The minimum Gasteiger partial charge on any atom is -0.335 e. The van der Waals surface area contributed by atoms with Crippen LogP contribution in [0.25, 0.3) is 0 Å². The van der Waals surface area contributed by atoms with Gasteiger partial charge in [-0.2, -0.15) is 0 Å². The summed E-state index contributed by atoms with van der Waals surface area (Å²) in [7, 11) is 0. The van der Waals surface area contributed by atoms with Gasteiger partial charge in [0, 0.05) is 25.3 Å². The highest BCUT2D eigenvalue weighted by Gasteiger charge is 2.25. The molecule has 1 aliphatic rings. The molecule has 0 radical (unpaired) electrons. The molecule has 1 aromatic heterocycles. The van der Waals surface area contributed by atoms with Crippen LogP contribution in [0.4, 0.5) is 4.39 Å². The van der Waals surface area contributed by atoms with Crippen molar-refractivity contribution in [2.75, 3.05) is 19.6 Å².